The van der Waals surface area contributed by atoms with Crippen LogP contribution in [-0.2, 0) is 0 Å². The normalized spacial score (nSPS) is 13.5. The molecule has 0 saturated carbocycles. The van der Waals surface area contributed by atoms with E-state index in [0.29, 0.717) is 11.6 Å². The van der Waals surface area contributed by atoms with Crippen molar-refractivity contribution < 1.29 is 8.83 Å². The third-order valence-electron chi connectivity index (χ3n) is 3.53. The van der Waals surface area contributed by atoms with Gasteiger partial charge in [-0.3, -0.25) is 0 Å². The van der Waals surface area contributed by atoms with Crippen LogP contribution in [0.1, 0.15) is 29.9 Å². The lowest BCUT2D eigenvalue weighted by atomic mass is 9.95. The van der Waals surface area contributed by atoms with Gasteiger partial charge in [-0.15, -0.1) is 0 Å². The molecule has 1 unspecified atom stereocenters. The number of fused-ring (bicyclic) bond motifs is 2. The van der Waals surface area contributed by atoms with Crippen LogP contribution < -0.4 is 5.73 Å². The van der Waals surface area contributed by atoms with E-state index in [1.165, 1.54) is 0 Å². The van der Waals surface area contributed by atoms with Crippen LogP contribution >= 0.6 is 11.6 Å². The minimum Gasteiger partial charge on any atom is -0.461 e. The number of furan rings is 2. The summed E-state index contributed by atoms with van der Waals surface area (Å²) in [7, 11) is 0. The number of hydrogen-bond donors (Lipinski definition) is 1. The van der Waals surface area contributed by atoms with Gasteiger partial charge in [0.25, 0.3) is 0 Å². The van der Waals surface area contributed by atoms with Gasteiger partial charge in [0.2, 0.25) is 0 Å². The summed E-state index contributed by atoms with van der Waals surface area (Å²) in [5.74, 6) is 1.86. The number of aryl methyl sites for hydroxylation is 2. The number of benzene rings is 1. The van der Waals surface area contributed by atoms with Gasteiger partial charge in [-0.1, -0.05) is 18.5 Å². The van der Waals surface area contributed by atoms with Crippen LogP contribution in [0.3, 0.4) is 0 Å². The third-order valence-corrected chi connectivity index (χ3v) is 3.90. The highest BCUT2D eigenvalue weighted by Gasteiger charge is 2.22. The Bertz CT molecular complexity index is 712. The molecule has 2 N–H and O–H groups in total. The van der Waals surface area contributed by atoms with Gasteiger partial charge in [-0.25, -0.2) is 0 Å². The molecule has 0 amide bonds. The molecule has 0 radical (unpaired) electrons. The Morgan fingerprint density at radius 3 is 2.32 bits per heavy atom. The van der Waals surface area contributed by atoms with E-state index in [2.05, 4.69) is 6.92 Å². The Balaban J connectivity index is 2.54. The van der Waals surface area contributed by atoms with Gasteiger partial charge in [-0.2, -0.15) is 0 Å². The number of rotatable bonds is 2. The smallest absolute Gasteiger partial charge is 0.154 e. The summed E-state index contributed by atoms with van der Waals surface area (Å²) >= 11 is 6.44. The monoisotopic (exact) mass is 277 g/mol. The molecular formula is C15H16ClNO2. The average Bonchev–Trinajstić information content (AvgIpc) is 2.92. The van der Waals surface area contributed by atoms with Crippen molar-refractivity contribution in [3.8, 4) is 0 Å². The SMILES string of the molecule is Cc1cc2c(C(C)CN)c3oc(C)cc3c(Cl)c2o1. The first-order chi connectivity index (χ1) is 9.02. The molecule has 1 aromatic carbocycles. The van der Waals surface area contributed by atoms with Crippen molar-refractivity contribution >= 4 is 33.5 Å². The molecule has 100 valence electrons. The van der Waals surface area contributed by atoms with Crippen LogP contribution in [0.4, 0.5) is 0 Å². The molecule has 3 rings (SSSR count). The van der Waals surface area contributed by atoms with Gasteiger partial charge in [0.1, 0.15) is 17.1 Å². The van der Waals surface area contributed by atoms with Crippen LogP contribution in [0.2, 0.25) is 5.02 Å². The Labute approximate surface area is 116 Å². The summed E-state index contributed by atoms with van der Waals surface area (Å²) < 4.78 is 11.6. The third kappa shape index (κ3) is 1.77. The van der Waals surface area contributed by atoms with Crippen molar-refractivity contribution in [1.82, 2.24) is 0 Å². The zero-order valence-corrected chi connectivity index (χ0v) is 12.0. The highest BCUT2D eigenvalue weighted by molar-refractivity contribution is 6.40. The molecular weight excluding hydrogens is 262 g/mol. The lowest BCUT2D eigenvalue weighted by molar-refractivity contribution is 0.569. The van der Waals surface area contributed by atoms with Gasteiger partial charge >= 0.3 is 0 Å². The van der Waals surface area contributed by atoms with Gasteiger partial charge in [0.15, 0.2) is 5.58 Å². The standard InChI is InChI=1S/C15H16ClNO2/c1-7(6-17)12-10-4-8(2)19-15(10)13(16)11-5-9(3)18-14(11)12/h4-5,7H,6,17H2,1-3H3. The highest BCUT2D eigenvalue weighted by Crippen LogP contribution is 2.41. The Morgan fingerprint density at radius 2 is 1.68 bits per heavy atom. The van der Waals surface area contributed by atoms with Gasteiger partial charge in [0, 0.05) is 16.3 Å². The lowest BCUT2D eigenvalue weighted by Gasteiger charge is -2.11. The first-order valence-corrected chi connectivity index (χ1v) is 6.72. The van der Waals surface area contributed by atoms with Crippen LogP contribution in [-0.4, -0.2) is 6.54 Å². The maximum Gasteiger partial charge on any atom is 0.154 e. The molecule has 0 aliphatic heterocycles. The van der Waals surface area contributed by atoms with E-state index in [-0.39, 0.29) is 5.92 Å². The van der Waals surface area contributed by atoms with Crippen molar-refractivity contribution in [3.63, 3.8) is 0 Å². The zero-order chi connectivity index (χ0) is 13.7. The lowest BCUT2D eigenvalue weighted by Crippen LogP contribution is -2.09. The predicted molar refractivity (Wildman–Crippen MR) is 77.9 cm³/mol. The Kier molecular flexibility index (Phi) is 2.84. The molecule has 19 heavy (non-hydrogen) atoms. The molecule has 4 heteroatoms. The highest BCUT2D eigenvalue weighted by atomic mass is 35.5. The number of hydrogen-bond acceptors (Lipinski definition) is 3. The molecule has 3 aromatic rings. The fourth-order valence-electron chi connectivity index (χ4n) is 2.61. The minimum atomic E-state index is 0.185. The number of nitrogens with two attached hydrogens (primary N) is 1. The first-order valence-electron chi connectivity index (χ1n) is 6.34. The second kappa shape index (κ2) is 4.29. The van der Waals surface area contributed by atoms with Crippen LogP contribution in [0.25, 0.3) is 21.9 Å². The van der Waals surface area contributed by atoms with Crippen LogP contribution in [0.5, 0.6) is 0 Å². The molecule has 0 fully saturated rings. The fourth-order valence-corrected chi connectivity index (χ4v) is 2.89. The molecule has 2 heterocycles. The molecule has 0 saturated heterocycles. The quantitative estimate of drug-likeness (QED) is 0.750. The predicted octanol–water partition coefficient (Wildman–Crippen LogP) is 4.51. The van der Waals surface area contributed by atoms with E-state index >= 15 is 0 Å². The van der Waals surface area contributed by atoms with Crippen molar-refractivity contribution in [2.45, 2.75) is 26.7 Å². The van der Waals surface area contributed by atoms with Crippen molar-refractivity contribution in [1.29, 1.82) is 0 Å². The summed E-state index contributed by atoms with van der Waals surface area (Å²) in [6.07, 6.45) is 0. The van der Waals surface area contributed by atoms with Gasteiger partial charge < -0.3 is 14.6 Å². The second-order valence-electron chi connectivity index (χ2n) is 5.06. The van der Waals surface area contributed by atoms with Gasteiger partial charge in [-0.05, 0) is 38.4 Å². The Morgan fingerprint density at radius 1 is 1.11 bits per heavy atom. The van der Waals surface area contributed by atoms with E-state index in [0.717, 1.165) is 39.0 Å². The van der Waals surface area contributed by atoms with E-state index < -0.39 is 0 Å². The topological polar surface area (TPSA) is 52.3 Å². The summed E-state index contributed by atoms with van der Waals surface area (Å²) in [6.45, 7) is 6.47. The van der Waals surface area contributed by atoms with Crippen LogP contribution in [0, 0.1) is 13.8 Å². The summed E-state index contributed by atoms with van der Waals surface area (Å²) in [4.78, 5) is 0. The molecule has 2 aromatic heterocycles. The maximum absolute atomic E-state index is 6.44. The minimum absolute atomic E-state index is 0.185. The fraction of sp³-hybridized carbons (Fsp3) is 0.333. The van der Waals surface area contributed by atoms with E-state index in [9.17, 15) is 0 Å². The summed E-state index contributed by atoms with van der Waals surface area (Å²) in [6, 6.07) is 3.95. The number of halogens is 1. The molecule has 0 aliphatic carbocycles. The zero-order valence-electron chi connectivity index (χ0n) is 11.2. The molecule has 0 bridgehead atoms. The van der Waals surface area contributed by atoms with Crippen molar-refractivity contribution in [3.05, 3.63) is 34.2 Å². The van der Waals surface area contributed by atoms with E-state index in [1.54, 1.807) is 0 Å². The first kappa shape index (κ1) is 12.6. The molecule has 0 aliphatic rings. The second-order valence-corrected chi connectivity index (χ2v) is 5.44. The van der Waals surface area contributed by atoms with E-state index in [4.69, 9.17) is 26.2 Å². The van der Waals surface area contributed by atoms with Gasteiger partial charge in [0.05, 0.1) is 5.02 Å². The van der Waals surface area contributed by atoms with Crippen molar-refractivity contribution in [2.24, 2.45) is 5.73 Å². The van der Waals surface area contributed by atoms with Crippen molar-refractivity contribution in [2.75, 3.05) is 6.54 Å². The summed E-state index contributed by atoms with van der Waals surface area (Å²) in [5, 5.41) is 2.52. The van der Waals surface area contributed by atoms with Crippen LogP contribution in [0.15, 0.2) is 21.0 Å². The molecule has 0 spiro atoms. The molecule has 3 nitrogen and oxygen atoms in total. The van der Waals surface area contributed by atoms with E-state index in [1.807, 2.05) is 26.0 Å². The average molecular weight is 278 g/mol. The molecule has 1 atom stereocenters. The maximum atomic E-state index is 6.44. The largest absolute Gasteiger partial charge is 0.461 e. The Hall–Kier alpha value is -1.45. The summed E-state index contributed by atoms with van der Waals surface area (Å²) in [5.41, 5.74) is 8.47.